The zero-order valence-electron chi connectivity index (χ0n) is 9.52. The van der Waals surface area contributed by atoms with Gasteiger partial charge in [-0.15, -0.1) is 0 Å². The molecule has 5 nitrogen and oxygen atoms in total. The van der Waals surface area contributed by atoms with Crippen LogP contribution in [-0.2, 0) is 11.3 Å². The molecule has 2 rings (SSSR count). The largest absolute Gasteiger partial charge is 0.350 e. The van der Waals surface area contributed by atoms with Crippen LogP contribution in [-0.4, -0.2) is 34.1 Å². The van der Waals surface area contributed by atoms with Crippen molar-refractivity contribution in [2.75, 3.05) is 6.54 Å². The zero-order valence-corrected chi connectivity index (χ0v) is 9.52. The van der Waals surface area contributed by atoms with E-state index in [0.717, 1.165) is 25.9 Å². The van der Waals surface area contributed by atoms with Crippen LogP contribution in [0.2, 0.25) is 0 Å². The van der Waals surface area contributed by atoms with Gasteiger partial charge in [-0.05, 0) is 26.3 Å². The first-order chi connectivity index (χ1) is 7.75. The molecule has 2 unspecified atom stereocenters. The lowest BCUT2D eigenvalue weighted by Crippen LogP contribution is -2.45. The van der Waals surface area contributed by atoms with Crippen LogP contribution in [0, 0.1) is 0 Å². The summed E-state index contributed by atoms with van der Waals surface area (Å²) in [5, 5.41) is 6.20. The summed E-state index contributed by atoms with van der Waals surface area (Å²) in [5.41, 5.74) is 0. The maximum Gasteiger partial charge on any atom is 0.237 e. The number of amides is 1. The molecule has 0 bridgehead atoms. The Labute approximate surface area is 95.2 Å². The Morgan fingerprint density at radius 2 is 2.62 bits per heavy atom. The summed E-state index contributed by atoms with van der Waals surface area (Å²) in [6.45, 7) is 3.72. The normalized spacial score (nSPS) is 21.9. The second kappa shape index (κ2) is 5.12. The van der Waals surface area contributed by atoms with E-state index in [1.54, 1.807) is 12.5 Å². The second-order valence-electron chi connectivity index (χ2n) is 4.32. The van der Waals surface area contributed by atoms with Gasteiger partial charge in [-0.2, -0.15) is 0 Å². The highest BCUT2D eigenvalue weighted by atomic mass is 16.2. The molecule has 2 atom stereocenters. The predicted molar refractivity (Wildman–Crippen MR) is 60.9 cm³/mol. The van der Waals surface area contributed by atoms with Crippen molar-refractivity contribution >= 4 is 5.91 Å². The lowest BCUT2D eigenvalue weighted by Gasteiger charge is -2.17. The van der Waals surface area contributed by atoms with Crippen LogP contribution in [0.5, 0.6) is 0 Å². The van der Waals surface area contributed by atoms with Crippen molar-refractivity contribution in [2.24, 2.45) is 0 Å². The van der Waals surface area contributed by atoms with E-state index in [-0.39, 0.29) is 18.0 Å². The predicted octanol–water partition coefficient (Wildman–Crippen LogP) is 0.140. The molecule has 1 aliphatic rings. The van der Waals surface area contributed by atoms with E-state index in [0.29, 0.717) is 0 Å². The number of nitrogens with zero attached hydrogens (tertiary/aromatic N) is 2. The van der Waals surface area contributed by atoms with Crippen LogP contribution in [0.3, 0.4) is 0 Å². The summed E-state index contributed by atoms with van der Waals surface area (Å²) < 4.78 is 1.97. The zero-order chi connectivity index (χ0) is 11.4. The van der Waals surface area contributed by atoms with Crippen LogP contribution in [0.4, 0.5) is 0 Å². The van der Waals surface area contributed by atoms with Crippen molar-refractivity contribution < 1.29 is 4.79 Å². The molecule has 1 aliphatic heterocycles. The highest BCUT2D eigenvalue weighted by Gasteiger charge is 2.22. The molecular formula is C11H18N4O. The van der Waals surface area contributed by atoms with Gasteiger partial charge in [-0.3, -0.25) is 4.79 Å². The van der Waals surface area contributed by atoms with Crippen molar-refractivity contribution in [3.8, 4) is 0 Å². The molecule has 5 heteroatoms. The third-order valence-electron chi connectivity index (χ3n) is 2.81. The number of aromatic nitrogens is 2. The minimum absolute atomic E-state index is 0.00485. The summed E-state index contributed by atoms with van der Waals surface area (Å²) in [6.07, 6.45) is 7.44. The van der Waals surface area contributed by atoms with Crippen LogP contribution < -0.4 is 10.6 Å². The maximum absolute atomic E-state index is 11.8. The van der Waals surface area contributed by atoms with Crippen molar-refractivity contribution in [3.63, 3.8) is 0 Å². The van der Waals surface area contributed by atoms with E-state index in [2.05, 4.69) is 15.6 Å². The number of rotatable bonds is 4. The fourth-order valence-electron chi connectivity index (χ4n) is 2.01. The quantitative estimate of drug-likeness (QED) is 0.762. The minimum Gasteiger partial charge on any atom is -0.350 e. The Hall–Kier alpha value is -1.36. The molecule has 0 aromatic carbocycles. The minimum atomic E-state index is 0.00485. The number of carbonyl (C=O) groups is 1. The molecule has 1 saturated heterocycles. The monoisotopic (exact) mass is 222 g/mol. The molecule has 0 aliphatic carbocycles. The van der Waals surface area contributed by atoms with Gasteiger partial charge in [-0.25, -0.2) is 4.98 Å². The van der Waals surface area contributed by atoms with Crippen molar-refractivity contribution in [1.82, 2.24) is 20.2 Å². The van der Waals surface area contributed by atoms with Crippen molar-refractivity contribution in [3.05, 3.63) is 18.7 Å². The first-order valence-corrected chi connectivity index (χ1v) is 5.75. The summed E-state index contributed by atoms with van der Waals surface area (Å²) >= 11 is 0. The van der Waals surface area contributed by atoms with Gasteiger partial charge < -0.3 is 15.2 Å². The average Bonchev–Trinajstić information content (AvgIpc) is 2.88. The highest BCUT2D eigenvalue weighted by molar-refractivity contribution is 5.82. The van der Waals surface area contributed by atoms with Gasteiger partial charge in [0.2, 0.25) is 5.91 Å². The second-order valence-corrected chi connectivity index (χ2v) is 4.32. The summed E-state index contributed by atoms with van der Waals surface area (Å²) in [6, 6.07) is 0.134. The van der Waals surface area contributed by atoms with Gasteiger partial charge in [-0.1, -0.05) is 0 Å². The molecule has 16 heavy (non-hydrogen) atoms. The smallest absolute Gasteiger partial charge is 0.237 e. The lowest BCUT2D eigenvalue weighted by atomic mass is 10.2. The van der Waals surface area contributed by atoms with E-state index in [1.807, 2.05) is 17.7 Å². The molecule has 1 aromatic rings. The van der Waals surface area contributed by atoms with Gasteiger partial charge in [0.1, 0.15) is 0 Å². The molecule has 1 aromatic heterocycles. The number of hydrogen-bond acceptors (Lipinski definition) is 3. The van der Waals surface area contributed by atoms with Gasteiger partial charge in [0.25, 0.3) is 0 Å². The first kappa shape index (κ1) is 11.1. The maximum atomic E-state index is 11.8. The molecule has 1 fully saturated rings. The Kier molecular flexibility index (Phi) is 3.56. The number of hydrogen-bond donors (Lipinski definition) is 2. The fraction of sp³-hybridized carbons (Fsp3) is 0.636. The summed E-state index contributed by atoms with van der Waals surface area (Å²) in [5.74, 6) is 0.116. The van der Waals surface area contributed by atoms with E-state index in [9.17, 15) is 4.79 Å². The Morgan fingerprint density at radius 3 is 3.25 bits per heavy atom. The lowest BCUT2D eigenvalue weighted by molar-refractivity contribution is -0.123. The SMILES string of the molecule is CC(Cn1ccnc1)NC(=O)C1CCCN1. The van der Waals surface area contributed by atoms with Crippen LogP contribution in [0.15, 0.2) is 18.7 Å². The molecular weight excluding hydrogens is 204 g/mol. The number of carbonyl (C=O) groups excluding carboxylic acids is 1. The molecule has 2 heterocycles. The van der Waals surface area contributed by atoms with Crippen molar-refractivity contribution in [2.45, 2.75) is 38.4 Å². The summed E-state index contributed by atoms with van der Waals surface area (Å²) in [4.78, 5) is 15.8. The van der Waals surface area contributed by atoms with Gasteiger partial charge in [0.05, 0.1) is 12.4 Å². The van der Waals surface area contributed by atoms with E-state index in [1.165, 1.54) is 0 Å². The van der Waals surface area contributed by atoms with Gasteiger partial charge in [0, 0.05) is 25.0 Å². The fourth-order valence-corrected chi connectivity index (χ4v) is 2.01. The summed E-state index contributed by atoms with van der Waals surface area (Å²) in [7, 11) is 0. The Balaban J connectivity index is 1.78. The van der Waals surface area contributed by atoms with Crippen LogP contribution in [0.1, 0.15) is 19.8 Å². The highest BCUT2D eigenvalue weighted by Crippen LogP contribution is 2.05. The van der Waals surface area contributed by atoms with Gasteiger partial charge >= 0.3 is 0 Å². The molecule has 0 saturated carbocycles. The van der Waals surface area contributed by atoms with E-state index < -0.39 is 0 Å². The van der Waals surface area contributed by atoms with E-state index in [4.69, 9.17) is 0 Å². The van der Waals surface area contributed by atoms with Crippen LogP contribution >= 0.6 is 0 Å². The number of imidazole rings is 1. The molecule has 0 radical (unpaired) electrons. The molecule has 2 N–H and O–H groups in total. The van der Waals surface area contributed by atoms with Crippen LogP contribution in [0.25, 0.3) is 0 Å². The standard InChI is InChI=1S/C11H18N4O/c1-9(7-15-6-5-12-8-15)14-11(16)10-3-2-4-13-10/h5-6,8-10,13H,2-4,7H2,1H3,(H,14,16). The topological polar surface area (TPSA) is 59.0 Å². The third kappa shape index (κ3) is 2.82. The molecule has 88 valence electrons. The Morgan fingerprint density at radius 1 is 1.75 bits per heavy atom. The number of nitrogens with one attached hydrogen (secondary N) is 2. The van der Waals surface area contributed by atoms with E-state index >= 15 is 0 Å². The average molecular weight is 222 g/mol. The Bertz CT molecular complexity index is 330. The van der Waals surface area contributed by atoms with Crippen molar-refractivity contribution in [1.29, 1.82) is 0 Å². The molecule has 1 amide bonds. The third-order valence-corrected chi connectivity index (χ3v) is 2.81. The molecule has 0 spiro atoms. The first-order valence-electron chi connectivity index (χ1n) is 5.75. The van der Waals surface area contributed by atoms with Gasteiger partial charge in [0.15, 0.2) is 0 Å².